The van der Waals surface area contributed by atoms with Gasteiger partial charge in [0, 0.05) is 11.8 Å². The highest BCUT2D eigenvalue weighted by molar-refractivity contribution is 5.92. The molecule has 0 radical (unpaired) electrons. The minimum Gasteiger partial charge on any atom is -0.298 e. The second-order valence-electron chi connectivity index (χ2n) is 8.87. The number of carbonyl (C=O) groups is 1. The van der Waals surface area contributed by atoms with Crippen molar-refractivity contribution in [1.29, 1.82) is 0 Å². The third-order valence-electron chi connectivity index (χ3n) is 6.66. The number of hydrogen-bond donors (Lipinski definition) is 0. The van der Waals surface area contributed by atoms with Gasteiger partial charge in [-0.1, -0.05) is 86.9 Å². The van der Waals surface area contributed by atoms with E-state index in [1.807, 2.05) is 19.1 Å². The molecule has 1 aliphatic carbocycles. The first-order valence-electron chi connectivity index (χ1n) is 12.5. The molecule has 0 heterocycles. The van der Waals surface area contributed by atoms with E-state index in [1.165, 1.54) is 22.3 Å². The van der Waals surface area contributed by atoms with Crippen LogP contribution in [0, 0.1) is 17.8 Å². The van der Waals surface area contributed by atoms with Gasteiger partial charge in [0.2, 0.25) is 0 Å². The lowest BCUT2D eigenvalue weighted by Crippen LogP contribution is -2.18. The van der Waals surface area contributed by atoms with Crippen LogP contribution in [0.3, 0.4) is 0 Å². The molecule has 0 saturated heterocycles. The van der Waals surface area contributed by atoms with E-state index in [2.05, 4.69) is 71.6 Å². The van der Waals surface area contributed by atoms with Crippen molar-refractivity contribution in [1.82, 2.24) is 0 Å². The molecule has 0 amide bonds. The average molecular weight is 423 g/mol. The van der Waals surface area contributed by atoms with E-state index in [4.69, 9.17) is 0 Å². The van der Waals surface area contributed by atoms with Crippen LogP contribution >= 0.6 is 0 Å². The van der Waals surface area contributed by atoms with E-state index in [-0.39, 0.29) is 11.8 Å². The van der Waals surface area contributed by atoms with E-state index >= 15 is 0 Å². The maximum atomic E-state index is 13.6. The van der Waals surface area contributed by atoms with Gasteiger partial charge < -0.3 is 0 Å². The third kappa shape index (κ3) is 8.28. The van der Waals surface area contributed by atoms with E-state index < -0.39 is 0 Å². The van der Waals surface area contributed by atoms with Crippen molar-refractivity contribution in [3.05, 3.63) is 71.4 Å². The standard InChI is InChI=1S/C30H46O/c1-8-13-15-16-17-19-27-26(12-5)29(22-23(6)10-3)28(30(27)31)21-20-25(18-14-9-2)24(7)11-4/h8,10,13-16,18,23,27-28H,3,9,11-12,17,19-22H2,1-2,4-7H3/b13-8-,16-15-,18-14-,25-24+. The summed E-state index contributed by atoms with van der Waals surface area (Å²) in [7, 11) is 0. The second kappa shape index (κ2) is 15.0. The minimum atomic E-state index is 0.0801. The second-order valence-corrected chi connectivity index (χ2v) is 8.87. The molecule has 0 aliphatic heterocycles. The number of allylic oxidation sites excluding steroid dienone is 11. The highest BCUT2D eigenvalue weighted by Gasteiger charge is 2.39. The van der Waals surface area contributed by atoms with Gasteiger partial charge in [0.15, 0.2) is 0 Å². The molecule has 0 saturated carbocycles. The Balaban J connectivity index is 3.14. The fraction of sp³-hybridized carbons (Fsp3) is 0.567. The van der Waals surface area contributed by atoms with Crippen molar-refractivity contribution in [3.8, 4) is 0 Å². The zero-order valence-electron chi connectivity index (χ0n) is 21.0. The van der Waals surface area contributed by atoms with Crippen molar-refractivity contribution in [3.63, 3.8) is 0 Å². The van der Waals surface area contributed by atoms with Gasteiger partial charge in [-0.2, -0.15) is 0 Å². The van der Waals surface area contributed by atoms with Gasteiger partial charge in [0.1, 0.15) is 5.78 Å². The Bertz CT molecular complexity index is 726. The fourth-order valence-corrected chi connectivity index (χ4v) is 4.62. The summed E-state index contributed by atoms with van der Waals surface area (Å²) in [5.41, 5.74) is 5.71. The van der Waals surface area contributed by atoms with Gasteiger partial charge >= 0.3 is 0 Å². The zero-order chi connectivity index (χ0) is 23.2. The summed E-state index contributed by atoms with van der Waals surface area (Å²) in [5, 5.41) is 0. The summed E-state index contributed by atoms with van der Waals surface area (Å²) in [5.74, 6) is 1.06. The zero-order valence-corrected chi connectivity index (χ0v) is 21.0. The molecule has 0 N–H and O–H groups in total. The summed E-state index contributed by atoms with van der Waals surface area (Å²) in [4.78, 5) is 13.6. The maximum Gasteiger partial charge on any atom is 0.147 e. The van der Waals surface area contributed by atoms with Crippen molar-refractivity contribution in [2.45, 2.75) is 92.9 Å². The van der Waals surface area contributed by atoms with Crippen LogP contribution in [-0.2, 0) is 4.79 Å². The van der Waals surface area contributed by atoms with Crippen LogP contribution < -0.4 is 0 Å². The number of ketones is 1. The molecule has 172 valence electrons. The number of Topliss-reactive ketones (excluding diaryl/α,β-unsaturated/α-hetero) is 1. The molecule has 1 nitrogen and oxygen atoms in total. The lowest BCUT2D eigenvalue weighted by atomic mass is 9.86. The van der Waals surface area contributed by atoms with Gasteiger partial charge in [0.25, 0.3) is 0 Å². The van der Waals surface area contributed by atoms with E-state index in [9.17, 15) is 4.79 Å². The van der Waals surface area contributed by atoms with Crippen molar-refractivity contribution < 1.29 is 4.79 Å². The first-order chi connectivity index (χ1) is 14.9. The van der Waals surface area contributed by atoms with E-state index in [0.717, 1.165) is 51.4 Å². The molecule has 0 aromatic rings. The molecular formula is C30H46O. The molecule has 31 heavy (non-hydrogen) atoms. The first kappa shape index (κ1) is 27.1. The van der Waals surface area contributed by atoms with Gasteiger partial charge in [-0.05, 0) is 76.7 Å². The van der Waals surface area contributed by atoms with Crippen molar-refractivity contribution >= 4 is 5.78 Å². The molecule has 3 atom stereocenters. The highest BCUT2D eigenvalue weighted by Crippen LogP contribution is 2.43. The Morgan fingerprint density at radius 1 is 1.06 bits per heavy atom. The molecule has 0 fully saturated rings. The molecule has 1 heteroatoms. The normalized spacial score (nSPS) is 21.7. The Morgan fingerprint density at radius 2 is 1.77 bits per heavy atom. The molecular weight excluding hydrogens is 376 g/mol. The molecule has 3 unspecified atom stereocenters. The fourth-order valence-electron chi connectivity index (χ4n) is 4.62. The summed E-state index contributed by atoms with van der Waals surface area (Å²) in [6.07, 6.45) is 22.9. The van der Waals surface area contributed by atoms with Crippen LogP contribution in [-0.4, -0.2) is 5.78 Å². The van der Waals surface area contributed by atoms with Gasteiger partial charge in [-0.3, -0.25) is 4.79 Å². The average Bonchev–Trinajstić information content (AvgIpc) is 3.02. The van der Waals surface area contributed by atoms with Crippen LogP contribution in [0.1, 0.15) is 92.9 Å². The quantitative estimate of drug-likeness (QED) is 0.201. The summed E-state index contributed by atoms with van der Waals surface area (Å²) >= 11 is 0. The lowest BCUT2D eigenvalue weighted by Gasteiger charge is -2.18. The molecule has 0 aromatic heterocycles. The summed E-state index contributed by atoms with van der Waals surface area (Å²) < 4.78 is 0. The topological polar surface area (TPSA) is 17.1 Å². The Hall–Kier alpha value is -1.89. The number of hydrogen-bond acceptors (Lipinski definition) is 1. The van der Waals surface area contributed by atoms with E-state index in [0.29, 0.717) is 11.7 Å². The first-order valence-corrected chi connectivity index (χ1v) is 12.5. The largest absolute Gasteiger partial charge is 0.298 e. The molecule has 0 bridgehead atoms. The van der Waals surface area contributed by atoms with Crippen molar-refractivity contribution in [2.24, 2.45) is 17.8 Å². The highest BCUT2D eigenvalue weighted by atomic mass is 16.1. The molecule has 1 rings (SSSR count). The number of rotatable bonds is 14. The van der Waals surface area contributed by atoms with E-state index in [1.54, 1.807) is 0 Å². The summed E-state index contributed by atoms with van der Waals surface area (Å²) in [6.45, 7) is 17.1. The van der Waals surface area contributed by atoms with Crippen LogP contribution in [0.5, 0.6) is 0 Å². The minimum absolute atomic E-state index is 0.0801. The van der Waals surface area contributed by atoms with Gasteiger partial charge in [-0.15, -0.1) is 6.58 Å². The third-order valence-corrected chi connectivity index (χ3v) is 6.66. The lowest BCUT2D eigenvalue weighted by molar-refractivity contribution is -0.123. The SMILES string of the molecule is C=CC(C)CC1=C(CC)C(CC/C=C\C=C/C)C(=O)C1CCC(/C=C\CC)=C(\C)CC. The smallest absolute Gasteiger partial charge is 0.147 e. The van der Waals surface area contributed by atoms with Crippen LogP contribution in [0.15, 0.2) is 71.4 Å². The predicted molar refractivity (Wildman–Crippen MR) is 138 cm³/mol. The van der Waals surface area contributed by atoms with Gasteiger partial charge in [0.05, 0.1) is 0 Å². The monoisotopic (exact) mass is 422 g/mol. The van der Waals surface area contributed by atoms with Crippen molar-refractivity contribution in [2.75, 3.05) is 0 Å². The summed E-state index contributed by atoms with van der Waals surface area (Å²) in [6, 6.07) is 0. The van der Waals surface area contributed by atoms with Gasteiger partial charge in [-0.25, -0.2) is 0 Å². The number of carbonyl (C=O) groups excluding carboxylic acids is 1. The Labute approximate surface area is 192 Å². The Morgan fingerprint density at radius 3 is 2.35 bits per heavy atom. The predicted octanol–water partition coefficient (Wildman–Crippen LogP) is 9.11. The Kier molecular flexibility index (Phi) is 13.1. The van der Waals surface area contributed by atoms with Crippen LogP contribution in [0.4, 0.5) is 0 Å². The maximum absolute atomic E-state index is 13.6. The van der Waals surface area contributed by atoms with Crippen LogP contribution in [0.25, 0.3) is 0 Å². The van der Waals surface area contributed by atoms with Crippen LogP contribution in [0.2, 0.25) is 0 Å². The molecule has 0 spiro atoms. The molecule has 0 aromatic carbocycles. The molecule has 1 aliphatic rings.